The van der Waals surface area contributed by atoms with Crippen LogP contribution < -0.4 is 0 Å². The van der Waals surface area contributed by atoms with Gasteiger partial charge in [0.25, 0.3) is 0 Å². The predicted octanol–water partition coefficient (Wildman–Crippen LogP) is 22.8. The van der Waals surface area contributed by atoms with Crippen LogP contribution in [0.3, 0.4) is 0 Å². The van der Waals surface area contributed by atoms with Crippen molar-refractivity contribution in [3.05, 3.63) is 122 Å². The van der Waals surface area contributed by atoms with E-state index in [4.69, 9.17) is 14.2 Å². The quantitative estimate of drug-likeness (QED) is 0.0261. The molecule has 79 heavy (non-hydrogen) atoms. The Hall–Kier alpha value is -4.19. The van der Waals surface area contributed by atoms with Gasteiger partial charge in [0.15, 0.2) is 6.10 Å². The molecule has 0 aromatic rings. The van der Waals surface area contributed by atoms with Gasteiger partial charge in [0.2, 0.25) is 0 Å². The van der Waals surface area contributed by atoms with Crippen LogP contribution in [-0.2, 0) is 28.6 Å². The molecule has 0 saturated carbocycles. The van der Waals surface area contributed by atoms with Gasteiger partial charge in [-0.1, -0.05) is 277 Å². The number of hydrogen-bond acceptors (Lipinski definition) is 6. The highest BCUT2D eigenvalue weighted by Crippen LogP contribution is 2.16. The van der Waals surface area contributed by atoms with Crippen LogP contribution in [-0.4, -0.2) is 37.2 Å². The maximum Gasteiger partial charge on any atom is 0.306 e. The Morgan fingerprint density at radius 2 is 0.494 bits per heavy atom. The largest absolute Gasteiger partial charge is 0.462 e. The number of carbonyl (C=O) groups excluding carboxylic acids is 3. The van der Waals surface area contributed by atoms with E-state index in [-0.39, 0.29) is 31.1 Å². The van der Waals surface area contributed by atoms with E-state index in [1.54, 1.807) is 0 Å². The molecule has 0 heterocycles. The molecule has 0 aromatic heterocycles. The summed E-state index contributed by atoms with van der Waals surface area (Å²) < 4.78 is 16.9. The van der Waals surface area contributed by atoms with Crippen molar-refractivity contribution in [2.45, 2.75) is 309 Å². The first-order valence-corrected chi connectivity index (χ1v) is 33.0. The van der Waals surface area contributed by atoms with Gasteiger partial charge in [0.05, 0.1) is 0 Å². The number of esters is 3. The number of rotatable bonds is 59. The summed E-state index contributed by atoms with van der Waals surface area (Å²) in [4.78, 5) is 38.3. The molecule has 0 amide bonds. The number of hydrogen-bond donors (Lipinski definition) is 0. The molecule has 0 aliphatic carbocycles. The molecule has 1 unspecified atom stereocenters. The highest BCUT2D eigenvalue weighted by atomic mass is 16.6. The summed E-state index contributed by atoms with van der Waals surface area (Å²) >= 11 is 0. The first-order chi connectivity index (χ1) is 39.0. The van der Waals surface area contributed by atoms with Gasteiger partial charge in [0, 0.05) is 19.3 Å². The summed E-state index contributed by atoms with van der Waals surface area (Å²) in [6.45, 7) is 6.38. The monoisotopic (exact) mass is 1090 g/mol. The zero-order valence-corrected chi connectivity index (χ0v) is 51.6. The lowest BCUT2D eigenvalue weighted by atomic mass is 10.0. The van der Waals surface area contributed by atoms with Gasteiger partial charge >= 0.3 is 17.9 Å². The molecular formula is C73H122O6. The first-order valence-electron chi connectivity index (χ1n) is 33.0. The van der Waals surface area contributed by atoms with E-state index in [0.717, 1.165) is 154 Å². The summed E-state index contributed by atoms with van der Waals surface area (Å²) in [5.41, 5.74) is 0. The zero-order chi connectivity index (χ0) is 57.1. The second kappa shape index (κ2) is 66.3. The molecule has 0 radical (unpaired) electrons. The molecular weight excluding hydrogens is 973 g/mol. The minimum atomic E-state index is -0.796. The standard InChI is InChI=1S/C73H122O6/c1-4-7-10-13-16-19-22-25-28-29-30-31-32-33-34-35-36-37-38-39-40-41-42-43-46-48-51-54-57-60-63-66-72(75)78-69-70(79-73(76)67-64-61-58-55-52-49-45-27-24-21-18-15-12-9-6-3)68-77-71(74)65-62-59-56-53-50-47-44-26-23-20-17-14-11-8-5-2/h7,9-10,12,16-21,25-28,30-31,33-34,44-45,70H,4-6,8,11,13-15,22-24,29,32,35-43,46-69H2,1-3H3/b10-7-,12-9-,19-16-,20-17-,21-18-,28-25-,31-30-,34-33-,44-26-,45-27-. The summed E-state index contributed by atoms with van der Waals surface area (Å²) in [7, 11) is 0. The zero-order valence-electron chi connectivity index (χ0n) is 51.6. The summed E-state index contributed by atoms with van der Waals surface area (Å²) in [6.07, 6.45) is 92.2. The molecule has 0 saturated heterocycles. The minimum Gasteiger partial charge on any atom is -0.462 e. The van der Waals surface area contributed by atoms with E-state index in [1.807, 2.05) is 0 Å². The SMILES string of the molecule is CC/C=C\C/C=C\C/C=C\C/C=C\C/C=C\CCCCCCCCCCCCCCCCCC(=O)OCC(COC(=O)CCCCCCC/C=C\C/C=C\CCCCC)OC(=O)CCCCCCC/C=C\C/C=C\C/C=C\CC. The third kappa shape index (κ3) is 64.5. The van der Waals surface area contributed by atoms with Crippen molar-refractivity contribution in [1.29, 1.82) is 0 Å². The number of ether oxygens (including phenoxy) is 3. The van der Waals surface area contributed by atoms with Gasteiger partial charge in [-0.25, -0.2) is 0 Å². The molecule has 0 spiro atoms. The average molecular weight is 1100 g/mol. The smallest absolute Gasteiger partial charge is 0.306 e. The van der Waals surface area contributed by atoms with Crippen molar-refractivity contribution in [1.82, 2.24) is 0 Å². The molecule has 0 aliphatic rings. The van der Waals surface area contributed by atoms with E-state index in [9.17, 15) is 14.4 Å². The third-order valence-corrected chi connectivity index (χ3v) is 13.9. The minimum absolute atomic E-state index is 0.0901. The number of carbonyl (C=O) groups is 3. The van der Waals surface area contributed by atoms with Crippen molar-refractivity contribution in [2.24, 2.45) is 0 Å². The van der Waals surface area contributed by atoms with Crippen LogP contribution in [0.4, 0.5) is 0 Å². The van der Waals surface area contributed by atoms with Gasteiger partial charge in [-0.05, 0) is 128 Å². The van der Waals surface area contributed by atoms with E-state index in [1.165, 1.54) is 109 Å². The third-order valence-electron chi connectivity index (χ3n) is 13.9. The van der Waals surface area contributed by atoms with Gasteiger partial charge in [-0.2, -0.15) is 0 Å². The van der Waals surface area contributed by atoms with Crippen LogP contribution in [0.1, 0.15) is 303 Å². The molecule has 6 nitrogen and oxygen atoms in total. The van der Waals surface area contributed by atoms with Crippen molar-refractivity contribution >= 4 is 17.9 Å². The molecule has 1 atom stereocenters. The summed E-state index contributed by atoms with van der Waals surface area (Å²) in [6, 6.07) is 0. The van der Waals surface area contributed by atoms with Crippen molar-refractivity contribution in [3.8, 4) is 0 Å². The van der Waals surface area contributed by atoms with E-state index >= 15 is 0 Å². The van der Waals surface area contributed by atoms with E-state index < -0.39 is 6.10 Å². The van der Waals surface area contributed by atoms with Gasteiger partial charge in [0.1, 0.15) is 13.2 Å². The summed E-state index contributed by atoms with van der Waals surface area (Å²) in [5, 5.41) is 0. The Morgan fingerprint density at radius 3 is 0.772 bits per heavy atom. The topological polar surface area (TPSA) is 78.9 Å². The molecule has 0 aromatic carbocycles. The van der Waals surface area contributed by atoms with Crippen LogP contribution in [0.5, 0.6) is 0 Å². The van der Waals surface area contributed by atoms with Crippen LogP contribution in [0.25, 0.3) is 0 Å². The van der Waals surface area contributed by atoms with E-state index in [2.05, 4.69) is 142 Å². The van der Waals surface area contributed by atoms with Gasteiger partial charge in [-0.15, -0.1) is 0 Å². The summed E-state index contributed by atoms with van der Waals surface area (Å²) in [5.74, 6) is -0.915. The fourth-order valence-corrected chi connectivity index (χ4v) is 9.04. The Kier molecular flexibility index (Phi) is 62.8. The maximum absolute atomic E-state index is 12.9. The van der Waals surface area contributed by atoms with Crippen molar-refractivity contribution < 1.29 is 28.6 Å². The predicted molar refractivity (Wildman–Crippen MR) is 343 cm³/mol. The lowest BCUT2D eigenvalue weighted by molar-refractivity contribution is -0.167. The number of unbranched alkanes of at least 4 members (excludes halogenated alkanes) is 28. The second-order valence-electron chi connectivity index (χ2n) is 21.6. The van der Waals surface area contributed by atoms with Gasteiger partial charge < -0.3 is 14.2 Å². The van der Waals surface area contributed by atoms with Crippen LogP contribution in [0.2, 0.25) is 0 Å². The van der Waals surface area contributed by atoms with Crippen LogP contribution >= 0.6 is 0 Å². The maximum atomic E-state index is 12.9. The van der Waals surface area contributed by atoms with Crippen molar-refractivity contribution in [3.63, 3.8) is 0 Å². The molecule has 0 fully saturated rings. The average Bonchev–Trinajstić information content (AvgIpc) is 3.45. The molecule has 6 heteroatoms. The molecule has 0 rings (SSSR count). The Labute approximate surface area is 488 Å². The highest BCUT2D eigenvalue weighted by molar-refractivity contribution is 5.71. The molecule has 0 bridgehead atoms. The highest BCUT2D eigenvalue weighted by Gasteiger charge is 2.19. The second-order valence-corrected chi connectivity index (χ2v) is 21.6. The Bertz CT molecular complexity index is 1640. The fourth-order valence-electron chi connectivity index (χ4n) is 9.04. The molecule has 0 N–H and O–H groups in total. The molecule has 450 valence electrons. The van der Waals surface area contributed by atoms with Gasteiger partial charge in [-0.3, -0.25) is 14.4 Å². The number of allylic oxidation sites excluding steroid dienone is 20. The van der Waals surface area contributed by atoms with E-state index in [0.29, 0.717) is 19.3 Å². The van der Waals surface area contributed by atoms with Crippen molar-refractivity contribution in [2.75, 3.05) is 13.2 Å². The van der Waals surface area contributed by atoms with Crippen LogP contribution in [0.15, 0.2) is 122 Å². The lowest BCUT2D eigenvalue weighted by Crippen LogP contribution is -2.30. The molecule has 0 aliphatic heterocycles. The Morgan fingerprint density at radius 1 is 0.266 bits per heavy atom. The normalized spacial score (nSPS) is 12.9. The Balaban J connectivity index is 4.25. The van der Waals surface area contributed by atoms with Crippen LogP contribution in [0, 0.1) is 0 Å². The fraction of sp³-hybridized carbons (Fsp3) is 0.685. The first kappa shape index (κ1) is 74.8. The lowest BCUT2D eigenvalue weighted by Gasteiger charge is -2.18.